The van der Waals surface area contributed by atoms with Crippen LogP contribution >= 0.6 is 22.6 Å². The van der Waals surface area contributed by atoms with Gasteiger partial charge in [0.1, 0.15) is 22.9 Å². The van der Waals surface area contributed by atoms with E-state index in [0.717, 1.165) is 67.7 Å². The Morgan fingerprint density at radius 2 is 2.02 bits per heavy atom. The van der Waals surface area contributed by atoms with Crippen molar-refractivity contribution in [1.82, 2.24) is 29.6 Å². The van der Waals surface area contributed by atoms with E-state index >= 15 is 0 Å². The van der Waals surface area contributed by atoms with Gasteiger partial charge in [-0.05, 0) is 73.1 Å². The smallest absolute Gasteiger partial charge is 0.222 e. The summed E-state index contributed by atoms with van der Waals surface area (Å²) in [4.78, 5) is 16.4. The minimum atomic E-state index is -0.134. The van der Waals surface area contributed by atoms with Crippen LogP contribution in [0.2, 0.25) is 0 Å². The lowest BCUT2D eigenvalue weighted by molar-refractivity contribution is 0.0351. The van der Waals surface area contributed by atoms with Gasteiger partial charge in [0, 0.05) is 62.7 Å². The van der Waals surface area contributed by atoms with Crippen LogP contribution in [0.5, 0.6) is 11.6 Å². The zero-order valence-corrected chi connectivity index (χ0v) is 26.9. The highest BCUT2D eigenvalue weighted by molar-refractivity contribution is 14.1. The number of allylic oxidation sites excluding steroid dienone is 2. The van der Waals surface area contributed by atoms with Gasteiger partial charge in [0.2, 0.25) is 5.88 Å². The molecule has 0 radical (unpaired) electrons. The van der Waals surface area contributed by atoms with Crippen molar-refractivity contribution in [3.63, 3.8) is 0 Å². The summed E-state index contributed by atoms with van der Waals surface area (Å²) in [6.07, 6.45) is 12.5. The zero-order chi connectivity index (χ0) is 29.8. The van der Waals surface area contributed by atoms with Gasteiger partial charge in [0.05, 0.1) is 35.8 Å². The number of nitrogens with zero attached hydrogens (tertiary/aromatic N) is 6. The highest BCUT2D eigenvalue weighted by atomic mass is 127. The standard InChI is InChI=1S/C31H39IN8O3/c1-20-8-12-42-31-25(18-36-39(31)2)30-34-9-7-27(38-30)37-28-16-26(43-20)24(17-35-28)23(29(32)33)6-4-3-5-21-15-22(21)19-40-10-13-41-14-11-40/h6-7,9,16-18,20-22,33H,3-5,8,10-15,19H2,1-2H3,(H,34,35,37,38)/b23-6-,33-29?/t20-,21?,22?/m0/s1. The number of aryl methyl sites for hydroxylation is 1. The van der Waals surface area contributed by atoms with Crippen LogP contribution in [0.4, 0.5) is 11.6 Å². The highest BCUT2D eigenvalue weighted by Gasteiger charge is 2.37. The molecule has 3 aliphatic rings. The van der Waals surface area contributed by atoms with Crippen LogP contribution in [0.15, 0.2) is 36.8 Å². The predicted molar refractivity (Wildman–Crippen MR) is 174 cm³/mol. The fourth-order valence-electron chi connectivity index (χ4n) is 5.79. The van der Waals surface area contributed by atoms with Gasteiger partial charge < -0.3 is 19.5 Å². The molecule has 2 aliphatic heterocycles. The Labute approximate surface area is 266 Å². The number of aromatic nitrogens is 5. The molecule has 6 rings (SSSR count). The van der Waals surface area contributed by atoms with Gasteiger partial charge in [0.15, 0.2) is 5.82 Å². The summed E-state index contributed by atoms with van der Waals surface area (Å²) >= 11 is 2.09. The molecule has 12 heteroatoms. The van der Waals surface area contributed by atoms with Crippen LogP contribution in [0.3, 0.4) is 0 Å². The molecule has 3 aromatic heterocycles. The third-order valence-electron chi connectivity index (χ3n) is 8.31. The van der Waals surface area contributed by atoms with Gasteiger partial charge in [-0.15, -0.1) is 0 Å². The summed E-state index contributed by atoms with van der Waals surface area (Å²) in [5, 5.41) is 16.2. The van der Waals surface area contributed by atoms with E-state index in [1.165, 1.54) is 19.4 Å². The fraction of sp³-hybridized carbons (Fsp3) is 0.516. The molecule has 1 aliphatic carbocycles. The largest absolute Gasteiger partial charge is 0.490 e. The predicted octanol–water partition coefficient (Wildman–Crippen LogP) is 5.50. The maximum Gasteiger partial charge on any atom is 0.222 e. The topological polar surface area (TPSA) is 123 Å². The van der Waals surface area contributed by atoms with Crippen LogP contribution in [0.25, 0.3) is 17.0 Å². The van der Waals surface area contributed by atoms with Crippen LogP contribution < -0.4 is 14.8 Å². The van der Waals surface area contributed by atoms with Gasteiger partial charge >= 0.3 is 0 Å². The first-order valence-electron chi connectivity index (χ1n) is 15.1. The maximum atomic E-state index is 8.58. The molecule has 5 heterocycles. The maximum absolute atomic E-state index is 8.58. The molecule has 0 spiro atoms. The number of pyridine rings is 1. The molecule has 228 valence electrons. The molecule has 1 saturated heterocycles. The van der Waals surface area contributed by atoms with Crippen molar-refractivity contribution in [2.24, 2.45) is 18.9 Å². The summed E-state index contributed by atoms with van der Waals surface area (Å²) in [6.45, 7) is 7.55. The van der Waals surface area contributed by atoms with Gasteiger partial charge in [-0.25, -0.2) is 19.6 Å². The number of unbranched alkanes of at least 4 members (excludes halogenated alkanes) is 1. The molecule has 0 amide bonds. The molecule has 2 N–H and O–H groups in total. The van der Waals surface area contributed by atoms with E-state index < -0.39 is 0 Å². The van der Waals surface area contributed by atoms with Crippen LogP contribution in [-0.2, 0) is 11.8 Å². The number of nitrogens with one attached hydrogen (secondary N) is 2. The Morgan fingerprint density at radius 3 is 2.86 bits per heavy atom. The van der Waals surface area contributed by atoms with Gasteiger partial charge in [-0.2, -0.15) is 5.10 Å². The van der Waals surface area contributed by atoms with Crippen molar-refractivity contribution >= 4 is 43.5 Å². The molecule has 4 bridgehead atoms. The van der Waals surface area contributed by atoms with Crippen molar-refractivity contribution in [3.8, 4) is 23.0 Å². The summed E-state index contributed by atoms with van der Waals surface area (Å²) in [5.74, 6) is 4.67. The second-order valence-electron chi connectivity index (χ2n) is 11.5. The number of fused-ring (bicyclic) bond motifs is 6. The first kappa shape index (κ1) is 29.9. The first-order valence-corrected chi connectivity index (χ1v) is 16.2. The van der Waals surface area contributed by atoms with Gasteiger partial charge in [-0.3, -0.25) is 10.3 Å². The molecule has 0 aromatic carbocycles. The molecule has 2 fully saturated rings. The van der Waals surface area contributed by atoms with Crippen LogP contribution in [0, 0.1) is 17.2 Å². The van der Waals surface area contributed by atoms with E-state index in [0.29, 0.717) is 45.8 Å². The number of rotatable bonds is 8. The van der Waals surface area contributed by atoms with E-state index in [1.807, 2.05) is 20.0 Å². The normalized spacial score (nSPS) is 22.4. The molecule has 3 aromatic rings. The monoisotopic (exact) mass is 698 g/mol. The lowest BCUT2D eigenvalue weighted by Gasteiger charge is -2.26. The highest BCUT2D eigenvalue weighted by Crippen LogP contribution is 2.43. The van der Waals surface area contributed by atoms with Gasteiger partial charge in [0.25, 0.3) is 0 Å². The van der Waals surface area contributed by atoms with Crippen molar-refractivity contribution in [1.29, 1.82) is 5.41 Å². The lowest BCUT2D eigenvalue weighted by atomic mass is 10.0. The van der Waals surface area contributed by atoms with E-state index in [4.69, 9.17) is 24.6 Å². The summed E-state index contributed by atoms with van der Waals surface area (Å²) in [6, 6.07) is 3.69. The number of morpholine rings is 1. The summed E-state index contributed by atoms with van der Waals surface area (Å²) in [7, 11) is 1.84. The molecular weight excluding hydrogens is 659 g/mol. The van der Waals surface area contributed by atoms with Crippen LogP contribution in [-0.4, -0.2) is 78.9 Å². The Balaban J connectivity index is 1.17. The second-order valence-corrected chi connectivity index (χ2v) is 12.6. The number of hydrogen-bond acceptors (Lipinski definition) is 10. The molecule has 43 heavy (non-hydrogen) atoms. The van der Waals surface area contributed by atoms with Crippen molar-refractivity contribution in [2.75, 3.05) is 44.8 Å². The molecule has 11 nitrogen and oxygen atoms in total. The summed E-state index contributed by atoms with van der Waals surface area (Å²) < 4.78 is 20.3. The van der Waals surface area contributed by atoms with Crippen molar-refractivity contribution in [2.45, 2.75) is 45.1 Å². The third-order valence-corrected chi connectivity index (χ3v) is 8.89. The Bertz CT molecular complexity index is 1470. The van der Waals surface area contributed by atoms with Crippen LogP contribution in [0.1, 0.15) is 44.6 Å². The second kappa shape index (κ2) is 13.7. The molecule has 3 atom stereocenters. The van der Waals surface area contributed by atoms with Gasteiger partial charge in [-0.1, -0.05) is 6.08 Å². The first-order chi connectivity index (χ1) is 20.9. The number of hydrogen-bond donors (Lipinski definition) is 2. The Kier molecular flexibility index (Phi) is 9.53. The quantitative estimate of drug-likeness (QED) is 0.178. The number of halogens is 1. The number of ether oxygens (including phenoxy) is 3. The summed E-state index contributed by atoms with van der Waals surface area (Å²) in [5.41, 5.74) is 2.40. The molecule has 2 unspecified atom stereocenters. The van der Waals surface area contributed by atoms with E-state index in [9.17, 15) is 0 Å². The zero-order valence-electron chi connectivity index (χ0n) is 24.8. The SMILES string of the molecule is C[C@H]1CCOc2c(cnn2C)-c2nccc(n2)Nc2cc(c(/C(=C/CCCC3CC3CN3CCOCC3)C(=N)I)cn2)O1. The Hall–Kier alpha value is -3.10. The van der Waals surface area contributed by atoms with E-state index in [-0.39, 0.29) is 6.10 Å². The fourth-order valence-corrected chi connectivity index (χ4v) is 6.30. The minimum absolute atomic E-state index is 0.134. The van der Waals surface area contributed by atoms with Crippen molar-refractivity contribution < 1.29 is 14.2 Å². The Morgan fingerprint density at radius 1 is 1.16 bits per heavy atom. The average molecular weight is 699 g/mol. The average Bonchev–Trinajstić information content (AvgIpc) is 3.63. The lowest BCUT2D eigenvalue weighted by Crippen LogP contribution is -2.37. The van der Waals surface area contributed by atoms with E-state index in [2.05, 4.69) is 54.0 Å². The van der Waals surface area contributed by atoms with Crippen molar-refractivity contribution in [3.05, 3.63) is 42.4 Å². The third kappa shape index (κ3) is 7.52. The molecule has 1 saturated carbocycles. The minimum Gasteiger partial charge on any atom is -0.490 e. The molecular formula is C31H39IN8O3. The van der Waals surface area contributed by atoms with E-state index in [1.54, 1.807) is 29.3 Å². The number of anilines is 2.